The molecule has 0 unspecified atom stereocenters. The number of hydrogen-bond donors (Lipinski definition) is 6. The van der Waals surface area contributed by atoms with E-state index in [0.29, 0.717) is 16.5 Å². The Morgan fingerprint density at radius 1 is 0.462 bits per heavy atom. The molecule has 7 rings (SSSR count). The molecule has 0 saturated heterocycles. The van der Waals surface area contributed by atoms with Gasteiger partial charge in [0.25, 0.3) is 0 Å². The molecule has 0 aliphatic carbocycles. The maximum atomic E-state index is 13.6. The summed E-state index contributed by atoms with van der Waals surface area (Å²) >= 11 is 0. The van der Waals surface area contributed by atoms with E-state index in [1.54, 1.807) is 36.4 Å². The minimum Gasteiger partial charge on any atom is -0.509 e. The minimum atomic E-state index is -1.49. The Morgan fingerprint density at radius 2 is 0.962 bits per heavy atom. The quantitative estimate of drug-likeness (QED) is 0.0724. The Morgan fingerprint density at radius 3 is 1.56 bits per heavy atom. The number of hydrogen-bond acceptors (Lipinski definition) is 6. The zero-order chi connectivity index (χ0) is 36.8. The van der Waals surface area contributed by atoms with Crippen LogP contribution in [0.25, 0.3) is 83.0 Å². The SMILES string of the molecule is C=C(O)c1c(/C(O)=C(\C)O)c(-c2cc3ccccc3c3ccccc23)c(/C(O)=C(\C)O)c(C(=O)O)c1-c1ccc(-c2ccc3ccccc3c2)cc1. The van der Waals surface area contributed by atoms with Crippen LogP contribution in [0.1, 0.15) is 40.9 Å². The summed E-state index contributed by atoms with van der Waals surface area (Å²) < 4.78 is 0. The highest BCUT2D eigenvalue weighted by molar-refractivity contribution is 6.18. The van der Waals surface area contributed by atoms with Crippen molar-refractivity contribution in [3.63, 3.8) is 0 Å². The number of carboxylic acid groups (broad SMARTS) is 1. The van der Waals surface area contributed by atoms with Gasteiger partial charge in [-0.2, -0.15) is 0 Å². The monoisotopic (exact) mass is 686 g/mol. The Balaban J connectivity index is 1.65. The van der Waals surface area contributed by atoms with Gasteiger partial charge in [-0.05, 0) is 80.6 Å². The summed E-state index contributed by atoms with van der Waals surface area (Å²) in [5.74, 6) is -4.66. The molecule has 7 aromatic carbocycles. The van der Waals surface area contributed by atoms with Crippen LogP contribution in [0.2, 0.25) is 0 Å². The molecule has 0 atom stereocenters. The van der Waals surface area contributed by atoms with Crippen molar-refractivity contribution >= 4 is 55.6 Å². The van der Waals surface area contributed by atoms with Crippen LogP contribution in [0.3, 0.4) is 0 Å². The molecular weight excluding hydrogens is 652 g/mol. The first-order chi connectivity index (χ1) is 25.0. The third kappa shape index (κ3) is 5.54. The Kier molecular flexibility index (Phi) is 8.40. The number of rotatable bonds is 7. The first-order valence-corrected chi connectivity index (χ1v) is 16.5. The van der Waals surface area contributed by atoms with Crippen LogP contribution in [-0.4, -0.2) is 36.6 Å². The Bertz CT molecular complexity index is 2610. The van der Waals surface area contributed by atoms with Gasteiger partial charge in [0.15, 0.2) is 11.5 Å². The van der Waals surface area contributed by atoms with Crippen LogP contribution in [0.15, 0.2) is 139 Å². The van der Waals surface area contributed by atoms with E-state index in [1.165, 1.54) is 13.8 Å². The fourth-order valence-corrected chi connectivity index (χ4v) is 7.11. The summed E-state index contributed by atoms with van der Waals surface area (Å²) in [7, 11) is 0. The lowest BCUT2D eigenvalue weighted by Crippen LogP contribution is -2.14. The molecule has 7 nitrogen and oxygen atoms in total. The van der Waals surface area contributed by atoms with Gasteiger partial charge in [0.2, 0.25) is 0 Å². The van der Waals surface area contributed by atoms with E-state index in [9.17, 15) is 35.4 Å². The van der Waals surface area contributed by atoms with Gasteiger partial charge in [-0.15, -0.1) is 0 Å². The molecule has 256 valence electrons. The van der Waals surface area contributed by atoms with E-state index in [4.69, 9.17) is 0 Å². The number of aliphatic hydroxyl groups is 5. The highest BCUT2D eigenvalue weighted by atomic mass is 16.4. The van der Waals surface area contributed by atoms with Crippen LogP contribution >= 0.6 is 0 Å². The van der Waals surface area contributed by atoms with Crippen molar-refractivity contribution in [2.45, 2.75) is 13.8 Å². The fourth-order valence-electron chi connectivity index (χ4n) is 7.11. The standard InChI is InChI=1S/C45H34O7/c1-24(46)37-38(29-19-16-28(17-20-29)31-21-18-27-10-4-5-11-30(27)22-31)42(45(51)52)41(44(50)26(3)48)39(40(37)43(49)25(2)47)36-23-32-12-6-7-13-33(32)34-14-8-9-15-35(34)36/h4-23,46-50H,1H2,2-3H3,(H,51,52)/b43-25-,44-26-. The summed E-state index contributed by atoms with van der Waals surface area (Å²) in [4.78, 5) is 13.6. The van der Waals surface area contributed by atoms with E-state index in [2.05, 4.69) is 6.58 Å². The van der Waals surface area contributed by atoms with Crippen molar-refractivity contribution in [3.8, 4) is 33.4 Å². The molecule has 0 aliphatic rings. The molecule has 0 aromatic heterocycles. The molecule has 0 amide bonds. The van der Waals surface area contributed by atoms with E-state index in [0.717, 1.165) is 38.1 Å². The lowest BCUT2D eigenvalue weighted by molar-refractivity contribution is 0.0697. The molecule has 7 aromatic rings. The summed E-state index contributed by atoms with van der Waals surface area (Å²) in [6, 6.07) is 37.7. The maximum absolute atomic E-state index is 13.6. The molecule has 0 bridgehead atoms. The van der Waals surface area contributed by atoms with Crippen LogP contribution in [-0.2, 0) is 0 Å². The number of aromatic carboxylic acids is 1. The maximum Gasteiger partial charge on any atom is 0.337 e. The number of carbonyl (C=O) groups is 1. The molecule has 0 fully saturated rings. The summed E-state index contributed by atoms with van der Waals surface area (Å²) in [6.07, 6.45) is 0. The molecule has 0 radical (unpaired) electrons. The summed E-state index contributed by atoms with van der Waals surface area (Å²) in [5.41, 5.74) is 1.13. The number of fused-ring (bicyclic) bond motifs is 4. The van der Waals surface area contributed by atoms with E-state index in [1.807, 2.05) is 84.9 Å². The predicted octanol–water partition coefficient (Wildman–Crippen LogP) is 12.0. The predicted molar refractivity (Wildman–Crippen MR) is 210 cm³/mol. The van der Waals surface area contributed by atoms with Gasteiger partial charge in [0, 0.05) is 27.8 Å². The topological polar surface area (TPSA) is 138 Å². The average Bonchev–Trinajstić information content (AvgIpc) is 3.15. The summed E-state index contributed by atoms with van der Waals surface area (Å²) in [5, 5.41) is 72.7. The second-order valence-corrected chi connectivity index (χ2v) is 12.7. The largest absolute Gasteiger partial charge is 0.509 e. The van der Waals surface area contributed by atoms with Gasteiger partial charge in [-0.25, -0.2) is 4.79 Å². The van der Waals surface area contributed by atoms with Gasteiger partial charge in [-0.3, -0.25) is 0 Å². The Hall–Kier alpha value is -6.99. The van der Waals surface area contributed by atoms with Crippen molar-refractivity contribution in [2.24, 2.45) is 0 Å². The van der Waals surface area contributed by atoms with Crippen molar-refractivity contribution in [1.82, 2.24) is 0 Å². The van der Waals surface area contributed by atoms with Gasteiger partial charge < -0.3 is 30.6 Å². The molecule has 52 heavy (non-hydrogen) atoms. The fraction of sp³-hybridized carbons (Fsp3) is 0.0444. The lowest BCUT2D eigenvalue weighted by Gasteiger charge is -2.26. The molecule has 0 saturated carbocycles. The van der Waals surface area contributed by atoms with E-state index in [-0.39, 0.29) is 27.8 Å². The van der Waals surface area contributed by atoms with Crippen molar-refractivity contribution < 1.29 is 35.4 Å². The summed E-state index contributed by atoms with van der Waals surface area (Å²) in [6.45, 7) is 6.25. The van der Waals surface area contributed by atoms with Crippen molar-refractivity contribution in [2.75, 3.05) is 0 Å². The average molecular weight is 687 g/mol. The zero-order valence-corrected chi connectivity index (χ0v) is 28.3. The second kappa shape index (κ2) is 13.0. The molecule has 7 heteroatoms. The van der Waals surface area contributed by atoms with Crippen LogP contribution in [0, 0.1) is 0 Å². The number of aliphatic hydroxyl groups excluding tert-OH is 5. The molecule has 6 N–H and O–H groups in total. The van der Waals surface area contributed by atoms with Crippen LogP contribution in [0.4, 0.5) is 0 Å². The van der Waals surface area contributed by atoms with Gasteiger partial charge >= 0.3 is 5.97 Å². The first-order valence-electron chi connectivity index (χ1n) is 16.5. The normalized spacial score (nSPS) is 12.5. The van der Waals surface area contributed by atoms with Crippen molar-refractivity contribution in [1.29, 1.82) is 0 Å². The lowest BCUT2D eigenvalue weighted by atomic mass is 9.77. The van der Waals surface area contributed by atoms with Gasteiger partial charge in [-0.1, -0.05) is 116 Å². The van der Waals surface area contributed by atoms with E-state index >= 15 is 0 Å². The number of allylic oxidation sites excluding steroid dienone is 2. The minimum absolute atomic E-state index is 0.0436. The Labute approximate surface area is 299 Å². The van der Waals surface area contributed by atoms with Crippen molar-refractivity contribution in [3.05, 3.63) is 162 Å². The first kappa shape index (κ1) is 33.5. The highest BCUT2D eigenvalue weighted by Gasteiger charge is 2.35. The second-order valence-electron chi connectivity index (χ2n) is 12.7. The van der Waals surface area contributed by atoms with Crippen LogP contribution < -0.4 is 0 Å². The third-order valence-electron chi connectivity index (χ3n) is 9.46. The smallest absolute Gasteiger partial charge is 0.337 e. The van der Waals surface area contributed by atoms with Crippen LogP contribution in [0.5, 0.6) is 0 Å². The third-order valence-corrected chi connectivity index (χ3v) is 9.46. The van der Waals surface area contributed by atoms with E-state index < -0.39 is 40.3 Å². The number of benzene rings is 7. The zero-order valence-electron chi connectivity index (χ0n) is 28.3. The molecule has 0 spiro atoms. The van der Waals surface area contributed by atoms with Gasteiger partial charge in [0.05, 0.1) is 5.56 Å². The van der Waals surface area contributed by atoms with Gasteiger partial charge in [0.1, 0.15) is 17.3 Å². The molecule has 0 heterocycles. The number of carboxylic acids is 1. The molecular formula is C45H34O7. The molecule has 0 aliphatic heterocycles. The highest BCUT2D eigenvalue weighted by Crippen LogP contribution is 2.50.